The van der Waals surface area contributed by atoms with Gasteiger partial charge in [0.25, 0.3) is 6.47 Å². The van der Waals surface area contributed by atoms with Crippen LogP contribution >= 0.6 is 15.9 Å². The fraction of sp³-hybridized carbons (Fsp3) is 0.145. The molecular formula is C55H49BrK2N10O9. The summed E-state index contributed by atoms with van der Waals surface area (Å²) >= 11 is 3.33. The summed E-state index contributed by atoms with van der Waals surface area (Å²) in [5.41, 5.74) is 24.1. The number of nitrogens with two attached hydrogens (primary N) is 2. The minimum Gasteiger partial charge on any atom is -1.00 e. The Hall–Kier alpha value is -5.68. The van der Waals surface area contributed by atoms with Crippen molar-refractivity contribution in [1.29, 1.82) is 0 Å². The zero-order chi connectivity index (χ0) is 52.3. The summed E-state index contributed by atoms with van der Waals surface area (Å²) in [5, 5.41) is 18.9. The van der Waals surface area contributed by atoms with Gasteiger partial charge in [0.05, 0.1) is 36.8 Å². The van der Waals surface area contributed by atoms with Crippen LogP contribution in [0.3, 0.4) is 0 Å². The van der Waals surface area contributed by atoms with E-state index in [9.17, 15) is 5.11 Å². The molecular weight excluding hydrogens is 1100 g/mol. The van der Waals surface area contributed by atoms with E-state index in [-0.39, 0.29) is 129 Å². The average molecular weight is 1150 g/mol. The first-order valence-electron chi connectivity index (χ1n) is 23.3. The van der Waals surface area contributed by atoms with Crippen molar-refractivity contribution >= 4 is 56.1 Å². The fourth-order valence-corrected chi connectivity index (χ4v) is 8.95. The van der Waals surface area contributed by atoms with Gasteiger partial charge in [-0.1, -0.05) is 28.1 Å². The third-order valence-electron chi connectivity index (χ3n) is 12.0. The third kappa shape index (κ3) is 14.1. The average Bonchev–Trinajstić information content (AvgIpc) is 4.34. The Morgan fingerprint density at radius 2 is 1.09 bits per heavy atom. The Bertz CT molecular complexity index is 3550. The SMILES string of the molecule is BrCc1ccncc1.CC1OCc2c1c1ncnc(N)c1n2-c1ccc(Oc2cccc(O)c2)cc1.CC1OCc2c1c1ncnc(N)c1n2-c1ccc(Oc2cccc(OCc3ccncc3)c2)cc1.O=CO[O-].[H-].[K+].[K+]. The predicted octanol–water partition coefficient (Wildman–Crippen LogP) is 3.98. The molecule has 0 bridgehead atoms. The summed E-state index contributed by atoms with van der Waals surface area (Å²) in [6.07, 6.45) is 9.98. The number of alkyl halides is 1. The maximum atomic E-state index is 9.58. The van der Waals surface area contributed by atoms with Crippen LogP contribution in [0.4, 0.5) is 11.6 Å². The molecule has 0 aliphatic carbocycles. The number of ether oxygens (including phenoxy) is 5. The Morgan fingerprint density at radius 1 is 0.649 bits per heavy atom. The number of aromatic hydroxyl groups is 1. The van der Waals surface area contributed by atoms with E-state index in [1.165, 1.54) is 18.2 Å². The van der Waals surface area contributed by atoms with E-state index in [4.69, 9.17) is 45.2 Å². The van der Waals surface area contributed by atoms with Crippen molar-refractivity contribution < 1.29 is 148 Å². The molecule has 22 heteroatoms. The maximum absolute atomic E-state index is 9.58. The molecule has 6 aromatic heterocycles. The van der Waals surface area contributed by atoms with Crippen LogP contribution in [-0.4, -0.2) is 50.6 Å². The molecule has 0 fully saturated rings. The molecule has 2 aliphatic rings. The van der Waals surface area contributed by atoms with E-state index < -0.39 is 0 Å². The van der Waals surface area contributed by atoms with Crippen molar-refractivity contribution in [3.05, 3.63) is 192 Å². The number of carbonyl (C=O) groups excluding carboxylic acids is 1. The fourth-order valence-electron chi connectivity index (χ4n) is 8.58. The van der Waals surface area contributed by atoms with E-state index >= 15 is 0 Å². The summed E-state index contributed by atoms with van der Waals surface area (Å²) in [7, 11) is 0. The first-order valence-corrected chi connectivity index (χ1v) is 24.4. The molecule has 2 atom stereocenters. The van der Waals surface area contributed by atoms with Crippen LogP contribution < -0.4 is 134 Å². The van der Waals surface area contributed by atoms with Crippen molar-refractivity contribution in [2.24, 2.45) is 0 Å². The largest absolute Gasteiger partial charge is 1.00 e. The number of nitrogen functional groups attached to an aromatic ring is 2. The van der Waals surface area contributed by atoms with Gasteiger partial charge in [-0.15, -0.1) is 0 Å². The summed E-state index contributed by atoms with van der Waals surface area (Å²) in [6, 6.07) is 37.6. The molecule has 2 aliphatic heterocycles. The third-order valence-corrected chi connectivity index (χ3v) is 12.6. The van der Waals surface area contributed by atoms with Gasteiger partial charge in [-0.3, -0.25) is 14.8 Å². The van der Waals surface area contributed by atoms with E-state index in [1.807, 2.05) is 111 Å². The molecule has 10 aromatic rings. The number of rotatable bonds is 11. The topological polar surface area (TPSA) is 255 Å². The molecule has 8 heterocycles. The Balaban J connectivity index is 0.000000205. The second-order valence-electron chi connectivity index (χ2n) is 16.7. The van der Waals surface area contributed by atoms with Crippen molar-refractivity contribution in [2.45, 2.75) is 51.2 Å². The predicted molar refractivity (Wildman–Crippen MR) is 281 cm³/mol. The molecule has 2 unspecified atom stereocenters. The van der Waals surface area contributed by atoms with Crippen LogP contribution in [-0.2, 0) is 44.3 Å². The normalized spacial score (nSPS) is 13.6. The number of halogens is 1. The smallest absolute Gasteiger partial charge is 1.00 e. The van der Waals surface area contributed by atoms with Crippen molar-refractivity contribution in [3.63, 3.8) is 0 Å². The van der Waals surface area contributed by atoms with Crippen LogP contribution in [0, 0.1) is 0 Å². The number of phenols is 1. The first kappa shape index (κ1) is 59.0. The molecule has 0 amide bonds. The van der Waals surface area contributed by atoms with E-state index in [0.29, 0.717) is 54.5 Å². The second kappa shape index (κ2) is 28.3. The molecule has 77 heavy (non-hydrogen) atoms. The van der Waals surface area contributed by atoms with Crippen LogP contribution in [0.25, 0.3) is 33.4 Å². The zero-order valence-corrected chi connectivity index (χ0v) is 50.2. The molecule has 5 N–H and O–H groups in total. The summed E-state index contributed by atoms with van der Waals surface area (Å²) in [6.45, 7) is 5.32. The van der Waals surface area contributed by atoms with Gasteiger partial charge in [0.1, 0.15) is 75.8 Å². The van der Waals surface area contributed by atoms with Gasteiger partial charge < -0.3 is 61.0 Å². The number of anilines is 2. The standard InChI is InChI=1S/C27H23N5O3.C21H18N4O3.C6H6BrN.CH2O3.2K.H/c1-17-24-23(15-33-17)32(26-25(24)30-16-31-27(26)28)19-5-7-20(8-6-19)35-22-4-2-3-21(13-22)34-14-18-9-11-29-12-10-18;1-12-18-17(10-27-12)25(20-19(18)23-11-24-21(20)22)13-5-7-15(8-6-13)28-16-4-2-3-14(26)9-16;7-5-6-1-3-8-4-2-6;2-1-4-3;;;/h2-13,16-17H,14-15H2,1H3,(H2,28,30,31);2-9,11-12,26H,10H2,1H3,(H2,22,23,24);1-4H,5H2;1,3H;;;/q;;;;2*+1;-1/p-1. The molecule has 382 valence electrons. The van der Waals surface area contributed by atoms with Crippen molar-refractivity contribution in [1.82, 2.24) is 39.0 Å². The number of aromatic nitrogens is 8. The van der Waals surface area contributed by atoms with Gasteiger partial charge in [-0.2, -0.15) is 0 Å². The number of fused-ring (bicyclic) bond motifs is 6. The zero-order valence-electron chi connectivity index (χ0n) is 43.4. The van der Waals surface area contributed by atoms with E-state index in [2.05, 4.69) is 59.9 Å². The van der Waals surface area contributed by atoms with Crippen molar-refractivity contribution in [2.75, 3.05) is 11.5 Å². The summed E-state index contributed by atoms with van der Waals surface area (Å²) < 4.78 is 33.6. The van der Waals surface area contributed by atoms with Crippen LogP contribution in [0.5, 0.6) is 34.5 Å². The van der Waals surface area contributed by atoms with Gasteiger partial charge in [0.2, 0.25) is 0 Å². The quantitative estimate of drug-likeness (QED) is 0.0544. The van der Waals surface area contributed by atoms with Crippen LogP contribution in [0.15, 0.2) is 159 Å². The monoisotopic (exact) mass is 1150 g/mol. The number of hydrogen-bond donors (Lipinski definition) is 3. The Labute approximate surface area is 537 Å². The molecule has 0 saturated carbocycles. The van der Waals surface area contributed by atoms with Gasteiger partial charge in [-0.25, -0.2) is 19.9 Å². The van der Waals surface area contributed by atoms with Gasteiger partial charge in [0, 0.05) is 64.8 Å². The molecule has 0 spiro atoms. The number of carbonyl (C=O) groups is 1. The number of hydrogen-bond acceptors (Lipinski definition) is 17. The van der Waals surface area contributed by atoms with Crippen LogP contribution in [0.1, 0.15) is 61.1 Å². The van der Waals surface area contributed by atoms with Gasteiger partial charge in [0.15, 0.2) is 11.6 Å². The molecule has 19 nitrogen and oxygen atoms in total. The summed E-state index contributed by atoms with van der Waals surface area (Å²) in [5.74, 6) is 4.41. The number of nitrogens with zero attached hydrogens (tertiary/aromatic N) is 8. The minimum absolute atomic E-state index is 0. The molecule has 0 radical (unpaired) electrons. The van der Waals surface area contributed by atoms with E-state index in [1.54, 1.807) is 49.1 Å². The number of phenolic OH excluding ortho intramolecular Hbond substituents is 1. The molecule has 12 rings (SSSR count). The number of pyridine rings is 2. The first-order chi connectivity index (χ1) is 36.6. The van der Waals surface area contributed by atoms with Gasteiger partial charge >= 0.3 is 103 Å². The summed E-state index contributed by atoms with van der Waals surface area (Å²) in [4.78, 5) is 36.5. The molecule has 4 aromatic carbocycles. The van der Waals surface area contributed by atoms with Gasteiger partial charge in [-0.05, 0) is 122 Å². The number of benzene rings is 4. The van der Waals surface area contributed by atoms with Crippen LogP contribution in [0.2, 0.25) is 0 Å². The second-order valence-corrected chi connectivity index (χ2v) is 17.3. The maximum Gasteiger partial charge on any atom is 1.00 e. The Kier molecular flexibility index (Phi) is 21.7. The van der Waals surface area contributed by atoms with Crippen molar-refractivity contribution in [3.8, 4) is 45.9 Å². The molecule has 0 saturated heterocycles. The minimum atomic E-state index is -0.181. The van der Waals surface area contributed by atoms with E-state index in [0.717, 1.165) is 72.6 Å². The Morgan fingerprint density at radius 3 is 1.53 bits per heavy atom.